The Labute approximate surface area is 195 Å². The molecule has 0 fully saturated rings. The van der Waals surface area contributed by atoms with E-state index in [2.05, 4.69) is 5.32 Å². The van der Waals surface area contributed by atoms with Crippen LogP contribution in [0.4, 0.5) is 5.69 Å². The monoisotopic (exact) mass is 470 g/mol. The highest BCUT2D eigenvalue weighted by Crippen LogP contribution is 2.44. The first-order valence-electron chi connectivity index (χ1n) is 10.1. The summed E-state index contributed by atoms with van der Waals surface area (Å²) in [6.45, 7) is 0.753. The number of rotatable bonds is 7. The predicted molar refractivity (Wildman–Crippen MR) is 126 cm³/mol. The third-order valence-corrected chi connectivity index (χ3v) is 6.77. The van der Waals surface area contributed by atoms with Crippen LogP contribution < -0.4 is 10.1 Å². The van der Waals surface area contributed by atoms with Crippen LogP contribution in [0.1, 0.15) is 32.8 Å². The van der Waals surface area contributed by atoms with Crippen molar-refractivity contribution in [3.05, 3.63) is 81.0 Å². The fraction of sp³-hybridized carbons (Fsp3) is 0.250. The minimum Gasteiger partial charge on any atom is -0.495 e. The molecule has 1 aliphatic rings. The molecular weight excluding hydrogens is 448 g/mol. The minimum absolute atomic E-state index is 0.103. The molecule has 0 radical (unpaired) electrons. The maximum atomic E-state index is 13.7. The summed E-state index contributed by atoms with van der Waals surface area (Å²) in [4.78, 5) is 29.8. The summed E-state index contributed by atoms with van der Waals surface area (Å²) in [5.41, 5.74) is 1.81. The maximum Gasteiger partial charge on any atom is 0.254 e. The Balaban J connectivity index is 1.78. The van der Waals surface area contributed by atoms with E-state index in [9.17, 15) is 9.59 Å². The van der Waals surface area contributed by atoms with Gasteiger partial charge in [0.2, 0.25) is 5.91 Å². The van der Waals surface area contributed by atoms with Gasteiger partial charge in [-0.1, -0.05) is 35.9 Å². The van der Waals surface area contributed by atoms with Crippen LogP contribution in [0.2, 0.25) is 5.02 Å². The van der Waals surface area contributed by atoms with E-state index in [1.165, 1.54) is 18.4 Å². The molecule has 32 heavy (non-hydrogen) atoms. The summed E-state index contributed by atoms with van der Waals surface area (Å²) >= 11 is 7.66. The van der Waals surface area contributed by atoms with Gasteiger partial charge in [-0.15, -0.1) is 11.3 Å². The quantitative estimate of drug-likeness (QED) is 0.529. The molecule has 0 saturated carbocycles. The Morgan fingerprint density at radius 1 is 1.16 bits per heavy atom. The molecule has 8 heteroatoms. The minimum atomic E-state index is -0.596. The molecule has 1 aliphatic heterocycles. The van der Waals surface area contributed by atoms with Crippen LogP contribution in [-0.2, 0) is 9.53 Å². The fourth-order valence-corrected chi connectivity index (χ4v) is 5.11. The van der Waals surface area contributed by atoms with E-state index in [-0.39, 0.29) is 11.8 Å². The molecule has 0 aliphatic carbocycles. The molecule has 2 atom stereocenters. The average molecular weight is 471 g/mol. The molecule has 2 unspecified atom stereocenters. The van der Waals surface area contributed by atoms with E-state index in [0.717, 1.165) is 4.88 Å². The van der Waals surface area contributed by atoms with E-state index in [4.69, 9.17) is 21.1 Å². The molecule has 0 saturated heterocycles. The van der Waals surface area contributed by atoms with Crippen LogP contribution in [-0.4, -0.2) is 44.1 Å². The van der Waals surface area contributed by atoms with Gasteiger partial charge < -0.3 is 19.7 Å². The first-order valence-corrected chi connectivity index (χ1v) is 11.4. The number of nitrogens with zero attached hydrogens (tertiary/aromatic N) is 1. The second-order valence-corrected chi connectivity index (χ2v) is 8.74. The normalized spacial score (nSPS) is 17.7. The number of anilines is 1. The fourth-order valence-electron chi connectivity index (χ4n) is 4.04. The number of nitrogens with one attached hydrogen (secondary N) is 1. The molecule has 2 aromatic carbocycles. The van der Waals surface area contributed by atoms with Gasteiger partial charge in [0, 0.05) is 35.8 Å². The van der Waals surface area contributed by atoms with Gasteiger partial charge in [-0.2, -0.15) is 0 Å². The first kappa shape index (κ1) is 22.3. The first-order chi connectivity index (χ1) is 15.5. The van der Waals surface area contributed by atoms with Crippen molar-refractivity contribution in [1.82, 2.24) is 4.90 Å². The van der Waals surface area contributed by atoms with Crippen molar-refractivity contribution in [2.45, 2.75) is 12.0 Å². The SMILES string of the molecule is COCCN1C(=O)c2ccccc2C(C(=O)Nc2ccc(Cl)c(OC)c2)C1c1cccs1. The second-order valence-electron chi connectivity index (χ2n) is 7.36. The number of methoxy groups -OCH3 is 2. The number of carbonyl (C=O) groups is 2. The Morgan fingerprint density at radius 2 is 1.97 bits per heavy atom. The van der Waals surface area contributed by atoms with Crippen LogP contribution in [0.15, 0.2) is 60.0 Å². The van der Waals surface area contributed by atoms with Crippen molar-refractivity contribution in [2.75, 3.05) is 32.7 Å². The van der Waals surface area contributed by atoms with Gasteiger partial charge >= 0.3 is 0 Å². The number of hydrogen-bond acceptors (Lipinski definition) is 5. The van der Waals surface area contributed by atoms with Crippen LogP contribution >= 0.6 is 22.9 Å². The average Bonchev–Trinajstić information content (AvgIpc) is 3.34. The lowest BCUT2D eigenvalue weighted by atomic mass is 9.81. The van der Waals surface area contributed by atoms with Crippen LogP contribution in [0.3, 0.4) is 0 Å². The number of ether oxygens (including phenoxy) is 2. The summed E-state index contributed by atoms with van der Waals surface area (Å²) in [6, 6.07) is 15.8. The Kier molecular flexibility index (Phi) is 6.79. The topological polar surface area (TPSA) is 67.9 Å². The lowest BCUT2D eigenvalue weighted by Gasteiger charge is -2.41. The molecule has 2 amide bonds. The van der Waals surface area contributed by atoms with Gasteiger partial charge in [0.15, 0.2) is 0 Å². The van der Waals surface area contributed by atoms with Crippen LogP contribution in [0.25, 0.3) is 0 Å². The van der Waals surface area contributed by atoms with Crippen molar-refractivity contribution in [3.8, 4) is 5.75 Å². The smallest absolute Gasteiger partial charge is 0.254 e. The molecule has 166 valence electrons. The largest absolute Gasteiger partial charge is 0.495 e. The molecule has 6 nitrogen and oxygen atoms in total. The zero-order valence-corrected chi connectivity index (χ0v) is 19.3. The Hall–Kier alpha value is -2.87. The van der Waals surface area contributed by atoms with Crippen molar-refractivity contribution >= 4 is 40.4 Å². The molecule has 3 aromatic rings. The number of fused-ring (bicyclic) bond motifs is 1. The number of benzene rings is 2. The Bertz CT molecular complexity index is 1120. The van der Waals surface area contributed by atoms with Crippen LogP contribution in [0, 0.1) is 0 Å². The van der Waals surface area contributed by atoms with Crippen molar-refractivity contribution < 1.29 is 19.1 Å². The number of hydrogen-bond donors (Lipinski definition) is 1. The van der Waals surface area contributed by atoms with Crippen molar-refractivity contribution in [3.63, 3.8) is 0 Å². The molecular formula is C24H23ClN2O4S. The van der Waals surface area contributed by atoms with E-state index >= 15 is 0 Å². The van der Waals surface area contributed by atoms with E-state index in [1.54, 1.807) is 36.3 Å². The molecule has 1 N–H and O–H groups in total. The van der Waals surface area contributed by atoms with Gasteiger partial charge in [-0.05, 0) is 35.2 Å². The highest BCUT2D eigenvalue weighted by Gasteiger charge is 2.44. The predicted octanol–water partition coefficient (Wildman–Crippen LogP) is 4.98. The zero-order valence-electron chi connectivity index (χ0n) is 17.7. The second kappa shape index (κ2) is 9.73. The van der Waals surface area contributed by atoms with Gasteiger partial charge in [0.25, 0.3) is 5.91 Å². The molecule has 0 spiro atoms. The number of amides is 2. The zero-order chi connectivity index (χ0) is 22.7. The third kappa shape index (κ3) is 4.24. The van der Waals surface area contributed by atoms with Crippen molar-refractivity contribution in [1.29, 1.82) is 0 Å². The summed E-state index contributed by atoms with van der Waals surface area (Å²) in [7, 11) is 3.12. The van der Waals surface area contributed by atoms with E-state index in [0.29, 0.717) is 40.7 Å². The highest BCUT2D eigenvalue weighted by atomic mass is 35.5. The summed E-state index contributed by atoms with van der Waals surface area (Å²) < 4.78 is 10.5. The third-order valence-electron chi connectivity index (χ3n) is 5.51. The molecule has 4 rings (SSSR count). The number of carbonyl (C=O) groups excluding carboxylic acids is 2. The Morgan fingerprint density at radius 3 is 2.69 bits per heavy atom. The van der Waals surface area contributed by atoms with Gasteiger partial charge in [-0.25, -0.2) is 0 Å². The van der Waals surface area contributed by atoms with E-state index in [1.807, 2.05) is 35.7 Å². The molecule has 2 heterocycles. The van der Waals surface area contributed by atoms with Gasteiger partial charge in [0.05, 0.1) is 30.7 Å². The maximum absolute atomic E-state index is 13.7. The van der Waals surface area contributed by atoms with Gasteiger partial charge in [0.1, 0.15) is 5.75 Å². The highest BCUT2D eigenvalue weighted by molar-refractivity contribution is 7.10. The number of thiophene rings is 1. The standard InChI is InChI=1S/C24H23ClN2O4S/c1-30-12-11-27-22(20-8-5-13-32-20)21(16-6-3-4-7-17(16)24(27)29)23(28)26-15-9-10-18(25)19(14-15)31-2/h3-10,13-14,21-22H,11-12H2,1-2H3,(H,26,28). The van der Waals surface area contributed by atoms with Crippen molar-refractivity contribution in [2.24, 2.45) is 0 Å². The summed E-state index contributed by atoms with van der Waals surface area (Å²) in [5.74, 6) is -0.440. The number of halogens is 1. The summed E-state index contributed by atoms with van der Waals surface area (Å²) in [5, 5.41) is 5.41. The van der Waals surface area contributed by atoms with Gasteiger partial charge in [-0.3, -0.25) is 9.59 Å². The lowest BCUT2D eigenvalue weighted by molar-refractivity contribution is -0.119. The lowest BCUT2D eigenvalue weighted by Crippen LogP contribution is -2.47. The molecule has 1 aromatic heterocycles. The van der Waals surface area contributed by atoms with E-state index < -0.39 is 12.0 Å². The molecule has 0 bridgehead atoms. The van der Waals surface area contributed by atoms with Crippen LogP contribution in [0.5, 0.6) is 5.75 Å². The summed E-state index contributed by atoms with van der Waals surface area (Å²) in [6.07, 6.45) is 0.